The van der Waals surface area contributed by atoms with Gasteiger partial charge in [-0.25, -0.2) is 9.97 Å². The molecule has 7 nitrogen and oxygen atoms in total. The lowest BCUT2D eigenvalue weighted by atomic mass is 10.0. The molecule has 0 aliphatic heterocycles. The number of hydrogen-bond donors (Lipinski definition) is 0. The van der Waals surface area contributed by atoms with Crippen LogP contribution in [0.3, 0.4) is 0 Å². The molecule has 27 heavy (non-hydrogen) atoms. The summed E-state index contributed by atoms with van der Waals surface area (Å²) in [6.07, 6.45) is 5.46. The molecule has 7 heteroatoms. The molecule has 1 aliphatic rings. The van der Waals surface area contributed by atoms with Gasteiger partial charge in [0.25, 0.3) is 11.6 Å². The molecular formula is C20H22N4O3. The summed E-state index contributed by atoms with van der Waals surface area (Å²) < 4.78 is 10.8. The Morgan fingerprint density at radius 1 is 1.41 bits per heavy atom. The molecule has 4 rings (SSSR count). The van der Waals surface area contributed by atoms with Crippen LogP contribution in [0.15, 0.2) is 28.9 Å². The Kier molecular flexibility index (Phi) is 4.51. The lowest BCUT2D eigenvalue weighted by molar-refractivity contribution is 0.0993. The molecule has 3 aromatic heterocycles. The number of aromatic nitrogens is 3. The summed E-state index contributed by atoms with van der Waals surface area (Å²) in [4.78, 5) is 23.8. The van der Waals surface area contributed by atoms with Crippen LogP contribution >= 0.6 is 0 Å². The Labute approximate surface area is 157 Å². The molecule has 1 amide bonds. The Morgan fingerprint density at radius 2 is 2.22 bits per heavy atom. The van der Waals surface area contributed by atoms with Crippen LogP contribution in [0.5, 0.6) is 5.75 Å². The number of methoxy groups -OCH3 is 1. The van der Waals surface area contributed by atoms with E-state index in [9.17, 15) is 4.79 Å². The fourth-order valence-electron chi connectivity index (χ4n) is 3.26. The number of pyridine rings is 2. The van der Waals surface area contributed by atoms with Crippen molar-refractivity contribution in [2.75, 3.05) is 19.1 Å². The summed E-state index contributed by atoms with van der Waals surface area (Å²) in [5, 5.41) is 4.87. The molecule has 1 saturated carbocycles. The van der Waals surface area contributed by atoms with Crippen molar-refractivity contribution in [3.05, 3.63) is 41.3 Å². The number of fused-ring (bicyclic) bond motifs is 1. The molecule has 0 saturated heterocycles. The van der Waals surface area contributed by atoms with Crippen molar-refractivity contribution >= 4 is 22.8 Å². The van der Waals surface area contributed by atoms with Crippen LogP contribution in [0.4, 0.5) is 5.82 Å². The number of carbonyl (C=O) groups excluding carboxylic acids is 1. The van der Waals surface area contributed by atoms with E-state index in [0.717, 1.165) is 37.1 Å². The van der Waals surface area contributed by atoms with E-state index in [1.54, 1.807) is 32.5 Å². The minimum absolute atomic E-state index is 0.179. The van der Waals surface area contributed by atoms with E-state index in [2.05, 4.69) is 22.0 Å². The van der Waals surface area contributed by atoms with E-state index in [1.807, 2.05) is 6.07 Å². The molecule has 1 aliphatic carbocycles. The fourth-order valence-corrected chi connectivity index (χ4v) is 3.26. The highest BCUT2D eigenvalue weighted by atomic mass is 16.5. The fraction of sp³-hybridized carbons (Fsp3) is 0.400. The Morgan fingerprint density at radius 3 is 2.93 bits per heavy atom. The monoisotopic (exact) mass is 366 g/mol. The van der Waals surface area contributed by atoms with Gasteiger partial charge in [-0.05, 0) is 37.5 Å². The number of hydrogen-bond acceptors (Lipinski definition) is 6. The maximum Gasteiger partial charge on any atom is 0.260 e. The predicted octanol–water partition coefficient (Wildman–Crippen LogP) is 3.73. The zero-order chi connectivity index (χ0) is 19.0. The number of ether oxygens (including phenoxy) is 1. The maximum atomic E-state index is 13.4. The first-order chi connectivity index (χ1) is 13.1. The minimum atomic E-state index is -0.179. The summed E-state index contributed by atoms with van der Waals surface area (Å²) >= 11 is 0. The zero-order valence-corrected chi connectivity index (χ0v) is 15.7. The van der Waals surface area contributed by atoms with Gasteiger partial charge >= 0.3 is 0 Å². The summed E-state index contributed by atoms with van der Waals surface area (Å²) in [6.45, 7) is 2.07. The van der Waals surface area contributed by atoms with Gasteiger partial charge in [-0.1, -0.05) is 18.5 Å². The first kappa shape index (κ1) is 17.5. The third-order valence-corrected chi connectivity index (χ3v) is 4.84. The predicted molar refractivity (Wildman–Crippen MR) is 101 cm³/mol. The molecule has 0 spiro atoms. The van der Waals surface area contributed by atoms with E-state index < -0.39 is 0 Å². The second kappa shape index (κ2) is 6.98. The summed E-state index contributed by atoms with van der Waals surface area (Å²) in [7, 11) is 3.26. The normalized spacial score (nSPS) is 13.7. The molecule has 0 atom stereocenters. The minimum Gasteiger partial charge on any atom is -0.493 e. The van der Waals surface area contributed by atoms with Crippen molar-refractivity contribution in [3.8, 4) is 5.75 Å². The molecule has 1 fully saturated rings. The Bertz CT molecular complexity index is 994. The SMILES string of the molecule is CCCc1noc2nc(C3CC3)cc(C(=O)N(C)c3ncccc3OC)c12. The van der Waals surface area contributed by atoms with Gasteiger partial charge in [0.2, 0.25) is 0 Å². The van der Waals surface area contributed by atoms with Crippen LogP contribution in [0.1, 0.15) is 53.8 Å². The standard InChI is InChI=1S/C20H22N4O3/c1-4-6-14-17-13(11-15(12-8-9-12)22-19(17)27-23-14)20(25)24(2)18-16(26-3)7-5-10-21-18/h5,7,10-12H,4,6,8-9H2,1-3H3. The molecular weight excluding hydrogens is 344 g/mol. The number of amides is 1. The molecule has 140 valence electrons. The lowest BCUT2D eigenvalue weighted by Crippen LogP contribution is -2.28. The number of nitrogens with zero attached hydrogens (tertiary/aromatic N) is 4. The molecule has 0 bridgehead atoms. The van der Waals surface area contributed by atoms with Crippen molar-refractivity contribution < 1.29 is 14.1 Å². The van der Waals surface area contributed by atoms with Crippen LogP contribution in [-0.4, -0.2) is 35.2 Å². The van der Waals surface area contributed by atoms with Gasteiger partial charge in [0.15, 0.2) is 11.6 Å². The van der Waals surface area contributed by atoms with E-state index >= 15 is 0 Å². The summed E-state index contributed by atoms with van der Waals surface area (Å²) in [6, 6.07) is 5.45. The summed E-state index contributed by atoms with van der Waals surface area (Å²) in [5.41, 5.74) is 2.66. The van der Waals surface area contributed by atoms with Crippen LogP contribution < -0.4 is 9.64 Å². The van der Waals surface area contributed by atoms with Gasteiger partial charge in [-0.15, -0.1) is 0 Å². The first-order valence-electron chi connectivity index (χ1n) is 9.20. The number of rotatable bonds is 6. The third kappa shape index (κ3) is 3.13. The average molecular weight is 366 g/mol. The first-order valence-corrected chi connectivity index (χ1v) is 9.20. The highest BCUT2D eigenvalue weighted by Crippen LogP contribution is 2.41. The van der Waals surface area contributed by atoms with Crippen molar-refractivity contribution in [2.24, 2.45) is 0 Å². The van der Waals surface area contributed by atoms with Crippen molar-refractivity contribution in [1.29, 1.82) is 0 Å². The van der Waals surface area contributed by atoms with Crippen molar-refractivity contribution in [1.82, 2.24) is 15.1 Å². The van der Waals surface area contributed by atoms with E-state index in [-0.39, 0.29) is 5.91 Å². The zero-order valence-electron chi connectivity index (χ0n) is 15.7. The van der Waals surface area contributed by atoms with Gasteiger partial charge < -0.3 is 9.26 Å². The van der Waals surface area contributed by atoms with E-state index in [4.69, 9.17) is 9.26 Å². The molecule has 0 unspecified atom stereocenters. The van der Waals surface area contributed by atoms with Crippen molar-refractivity contribution in [3.63, 3.8) is 0 Å². The largest absolute Gasteiger partial charge is 0.493 e. The Balaban J connectivity index is 1.83. The lowest BCUT2D eigenvalue weighted by Gasteiger charge is -2.19. The topological polar surface area (TPSA) is 81.4 Å². The molecule has 3 heterocycles. The molecule has 0 N–H and O–H groups in total. The van der Waals surface area contributed by atoms with Gasteiger partial charge in [0.1, 0.15) is 0 Å². The van der Waals surface area contributed by atoms with Crippen LogP contribution in [-0.2, 0) is 6.42 Å². The second-order valence-corrected chi connectivity index (χ2v) is 6.82. The highest BCUT2D eigenvalue weighted by molar-refractivity contribution is 6.13. The molecule has 0 radical (unpaired) electrons. The van der Waals surface area contributed by atoms with Gasteiger partial charge in [-0.2, -0.15) is 0 Å². The smallest absolute Gasteiger partial charge is 0.260 e. The molecule has 3 aromatic rings. The second-order valence-electron chi connectivity index (χ2n) is 6.82. The third-order valence-electron chi connectivity index (χ3n) is 4.84. The van der Waals surface area contributed by atoms with Crippen molar-refractivity contribution in [2.45, 2.75) is 38.5 Å². The quantitative estimate of drug-likeness (QED) is 0.661. The van der Waals surface area contributed by atoms with Gasteiger partial charge in [-0.3, -0.25) is 9.69 Å². The van der Waals surface area contributed by atoms with Gasteiger partial charge in [0.05, 0.1) is 23.8 Å². The number of carbonyl (C=O) groups is 1. The van der Waals surface area contributed by atoms with Gasteiger partial charge in [0, 0.05) is 24.9 Å². The maximum absolute atomic E-state index is 13.4. The van der Waals surface area contributed by atoms with Crippen LogP contribution in [0, 0.1) is 0 Å². The summed E-state index contributed by atoms with van der Waals surface area (Å²) in [5.74, 6) is 1.23. The van der Waals surface area contributed by atoms with Crippen LogP contribution in [0.25, 0.3) is 11.1 Å². The average Bonchev–Trinajstić information content (AvgIpc) is 3.48. The highest BCUT2D eigenvalue weighted by Gasteiger charge is 2.30. The van der Waals surface area contributed by atoms with Crippen LogP contribution in [0.2, 0.25) is 0 Å². The van der Waals surface area contributed by atoms with E-state index in [1.165, 1.54) is 4.90 Å². The van der Waals surface area contributed by atoms with E-state index in [0.29, 0.717) is 34.1 Å². The Hall–Kier alpha value is -2.96. The number of aryl methyl sites for hydroxylation is 1. The number of anilines is 1. The molecule has 0 aromatic carbocycles.